The maximum Gasteiger partial charge on any atom is 0.248 e. The summed E-state index contributed by atoms with van der Waals surface area (Å²) < 4.78 is 0.742. The molecule has 1 amide bonds. The second kappa shape index (κ2) is 8.21. The molecule has 0 aliphatic rings. The number of carbonyl (C=O) groups excluding carboxylic acids is 1. The van der Waals surface area contributed by atoms with Crippen molar-refractivity contribution >= 4 is 29.5 Å². The number of benzene rings is 2. The van der Waals surface area contributed by atoms with Crippen LogP contribution in [0.3, 0.4) is 0 Å². The molecule has 112 valence electrons. The molecular weight excluding hydrogens is 314 g/mol. The van der Waals surface area contributed by atoms with Crippen molar-refractivity contribution in [3.63, 3.8) is 0 Å². The minimum atomic E-state index is -0.379. The molecule has 4 nitrogen and oxygen atoms in total. The minimum Gasteiger partial charge on any atom is -0.366 e. The summed E-state index contributed by atoms with van der Waals surface area (Å²) in [6, 6.07) is 19.0. The lowest BCUT2D eigenvalue weighted by Crippen LogP contribution is -2.09. The second-order valence-corrected chi connectivity index (χ2v) is 6.15. The topological polar surface area (TPSA) is 71.8 Å². The highest BCUT2D eigenvalue weighted by molar-refractivity contribution is 7.73. The number of carbonyl (C=O) groups is 1. The van der Waals surface area contributed by atoms with Crippen molar-refractivity contribution in [1.82, 2.24) is 10.2 Å². The van der Waals surface area contributed by atoms with E-state index in [4.69, 9.17) is 18.0 Å². The number of aromatic nitrogens is 2. The van der Waals surface area contributed by atoms with E-state index in [9.17, 15) is 4.79 Å². The molecule has 3 aromatic rings. The van der Waals surface area contributed by atoms with E-state index < -0.39 is 0 Å². The van der Waals surface area contributed by atoms with Crippen molar-refractivity contribution in [2.24, 2.45) is 5.73 Å². The molecule has 0 bridgehead atoms. The van der Waals surface area contributed by atoms with E-state index in [-0.39, 0.29) is 5.91 Å². The maximum absolute atomic E-state index is 10.4. The van der Waals surface area contributed by atoms with Crippen LogP contribution >= 0.6 is 23.6 Å². The molecule has 0 atom stereocenters. The van der Waals surface area contributed by atoms with Gasteiger partial charge in [-0.15, -0.1) is 0 Å². The van der Waals surface area contributed by atoms with Crippen LogP contribution in [0, 0.1) is 3.95 Å². The van der Waals surface area contributed by atoms with E-state index >= 15 is 0 Å². The Balaban J connectivity index is 0.000000172. The van der Waals surface area contributed by atoms with Gasteiger partial charge in [-0.1, -0.05) is 59.9 Å². The Bertz CT molecular complexity index is 767. The highest BCUT2D eigenvalue weighted by atomic mass is 32.1. The Labute approximate surface area is 137 Å². The first-order chi connectivity index (χ1) is 10.6. The van der Waals surface area contributed by atoms with Crippen LogP contribution in [-0.2, 0) is 6.42 Å². The van der Waals surface area contributed by atoms with Crippen LogP contribution in [0.1, 0.15) is 20.9 Å². The first kappa shape index (κ1) is 16.1. The summed E-state index contributed by atoms with van der Waals surface area (Å²) in [7, 11) is 0. The molecule has 1 aromatic heterocycles. The number of nitrogens with two attached hydrogens (primary N) is 1. The minimum absolute atomic E-state index is 0.379. The highest BCUT2D eigenvalue weighted by Gasteiger charge is 1.98. The molecule has 2 aromatic carbocycles. The Kier molecular flexibility index (Phi) is 6.00. The standard InChI is InChI=1S/C9H8N2S2.C7H7NO/c12-9-11-10-8(13-9)6-7-4-2-1-3-5-7;8-7(9)6-4-2-1-3-5-6/h1-5H,6H2,(H,11,12);1-5H,(H2,8,9). The van der Waals surface area contributed by atoms with Gasteiger partial charge in [-0.2, -0.15) is 5.10 Å². The lowest BCUT2D eigenvalue weighted by molar-refractivity contribution is 0.100. The van der Waals surface area contributed by atoms with E-state index in [1.165, 1.54) is 16.9 Å². The average molecular weight is 329 g/mol. The predicted octanol–water partition coefficient (Wildman–Crippen LogP) is 3.58. The van der Waals surface area contributed by atoms with Crippen LogP contribution in [0.15, 0.2) is 60.7 Å². The van der Waals surface area contributed by atoms with E-state index in [1.54, 1.807) is 24.3 Å². The Morgan fingerprint density at radius 3 is 2.14 bits per heavy atom. The number of rotatable bonds is 3. The number of H-pyrrole nitrogens is 1. The van der Waals surface area contributed by atoms with Crippen LogP contribution in [0.5, 0.6) is 0 Å². The van der Waals surface area contributed by atoms with Gasteiger partial charge in [-0.05, 0) is 29.9 Å². The number of hydrogen-bond donors (Lipinski definition) is 2. The molecule has 22 heavy (non-hydrogen) atoms. The monoisotopic (exact) mass is 329 g/mol. The zero-order valence-electron chi connectivity index (χ0n) is 11.7. The molecule has 1 heterocycles. The molecule has 3 rings (SSSR count). The summed E-state index contributed by atoms with van der Waals surface area (Å²) in [5.74, 6) is -0.379. The third-order valence-corrected chi connectivity index (χ3v) is 3.83. The number of primary amides is 1. The van der Waals surface area contributed by atoms with Crippen LogP contribution in [0.2, 0.25) is 0 Å². The van der Waals surface area contributed by atoms with Gasteiger partial charge in [-0.25, -0.2) is 0 Å². The molecule has 0 aliphatic carbocycles. The fraction of sp³-hybridized carbons (Fsp3) is 0.0625. The predicted molar refractivity (Wildman–Crippen MR) is 91.5 cm³/mol. The lowest BCUT2D eigenvalue weighted by Gasteiger charge is -1.94. The second-order valence-electron chi connectivity index (χ2n) is 4.40. The van der Waals surface area contributed by atoms with Crippen molar-refractivity contribution in [3.05, 3.63) is 80.8 Å². The highest BCUT2D eigenvalue weighted by Crippen LogP contribution is 2.11. The van der Waals surface area contributed by atoms with Gasteiger partial charge in [0.05, 0.1) is 0 Å². The summed E-state index contributed by atoms with van der Waals surface area (Å²) in [5.41, 5.74) is 6.79. The molecule has 0 fully saturated rings. The number of nitrogens with one attached hydrogen (secondary N) is 1. The van der Waals surface area contributed by atoms with Gasteiger partial charge in [0, 0.05) is 12.0 Å². The summed E-state index contributed by atoms with van der Waals surface area (Å²) >= 11 is 6.48. The van der Waals surface area contributed by atoms with Gasteiger partial charge in [-0.3, -0.25) is 9.89 Å². The van der Waals surface area contributed by atoms with Gasteiger partial charge in [0.2, 0.25) is 5.91 Å². The van der Waals surface area contributed by atoms with E-state index in [0.717, 1.165) is 15.4 Å². The number of hydrogen-bond acceptors (Lipinski definition) is 4. The van der Waals surface area contributed by atoms with Crippen LogP contribution in [0.4, 0.5) is 0 Å². The molecule has 0 saturated carbocycles. The molecular formula is C16H15N3OS2. The van der Waals surface area contributed by atoms with E-state index in [2.05, 4.69) is 22.3 Å². The lowest BCUT2D eigenvalue weighted by atomic mass is 10.2. The van der Waals surface area contributed by atoms with Crippen molar-refractivity contribution < 1.29 is 4.79 Å². The zero-order valence-corrected chi connectivity index (χ0v) is 13.4. The van der Waals surface area contributed by atoms with Crippen LogP contribution in [0.25, 0.3) is 0 Å². The fourth-order valence-electron chi connectivity index (χ4n) is 1.71. The maximum atomic E-state index is 10.4. The summed E-state index contributed by atoms with van der Waals surface area (Å²) in [6.45, 7) is 0. The number of nitrogens with zero attached hydrogens (tertiary/aromatic N) is 1. The zero-order chi connectivity index (χ0) is 15.8. The molecule has 0 spiro atoms. The fourth-order valence-corrected chi connectivity index (χ4v) is 2.68. The normalized spacial score (nSPS) is 9.64. The quantitative estimate of drug-likeness (QED) is 0.722. The van der Waals surface area contributed by atoms with E-state index in [1.807, 2.05) is 24.3 Å². The van der Waals surface area contributed by atoms with Gasteiger partial charge in [0.15, 0.2) is 3.95 Å². The number of aromatic amines is 1. The van der Waals surface area contributed by atoms with Crippen molar-refractivity contribution in [3.8, 4) is 0 Å². The molecule has 0 saturated heterocycles. The molecule has 0 aliphatic heterocycles. The van der Waals surface area contributed by atoms with Gasteiger partial charge in [0.25, 0.3) is 0 Å². The summed E-state index contributed by atoms with van der Waals surface area (Å²) in [4.78, 5) is 10.4. The molecule has 6 heteroatoms. The SMILES string of the molecule is NC(=O)c1ccccc1.S=c1[nH]nc(Cc2ccccc2)s1. The largest absolute Gasteiger partial charge is 0.366 e. The molecule has 3 N–H and O–H groups in total. The van der Waals surface area contributed by atoms with Gasteiger partial charge < -0.3 is 5.73 Å². The Morgan fingerprint density at radius 2 is 1.68 bits per heavy atom. The summed E-state index contributed by atoms with van der Waals surface area (Å²) in [6.07, 6.45) is 0.860. The number of amides is 1. The van der Waals surface area contributed by atoms with Crippen molar-refractivity contribution in [1.29, 1.82) is 0 Å². The Hall–Kier alpha value is -2.31. The van der Waals surface area contributed by atoms with E-state index in [0.29, 0.717) is 5.56 Å². The first-order valence-electron chi connectivity index (χ1n) is 6.58. The van der Waals surface area contributed by atoms with Crippen LogP contribution in [-0.4, -0.2) is 16.1 Å². The third kappa shape index (κ3) is 5.23. The van der Waals surface area contributed by atoms with Gasteiger partial charge >= 0.3 is 0 Å². The van der Waals surface area contributed by atoms with Crippen molar-refractivity contribution in [2.45, 2.75) is 6.42 Å². The third-order valence-electron chi connectivity index (χ3n) is 2.74. The van der Waals surface area contributed by atoms with Gasteiger partial charge in [0.1, 0.15) is 5.01 Å². The Morgan fingerprint density at radius 1 is 1.09 bits per heavy atom. The smallest absolute Gasteiger partial charge is 0.248 e. The molecule has 0 unspecified atom stereocenters. The first-order valence-corrected chi connectivity index (χ1v) is 7.81. The summed E-state index contributed by atoms with van der Waals surface area (Å²) in [5, 5.41) is 7.91. The van der Waals surface area contributed by atoms with Crippen molar-refractivity contribution in [2.75, 3.05) is 0 Å². The van der Waals surface area contributed by atoms with Crippen LogP contribution < -0.4 is 5.73 Å². The molecule has 0 radical (unpaired) electrons. The average Bonchev–Trinajstić information content (AvgIpc) is 2.95.